The first kappa shape index (κ1) is 12.3. The Morgan fingerprint density at radius 2 is 2.28 bits per heavy atom. The number of ether oxygens (including phenoxy) is 2. The van der Waals surface area contributed by atoms with Crippen LogP contribution in [0, 0.1) is 11.3 Å². The minimum absolute atomic E-state index is 0.318. The van der Waals surface area contributed by atoms with E-state index in [1.165, 1.54) is 19.4 Å². The van der Waals surface area contributed by atoms with E-state index >= 15 is 0 Å². The maximum absolute atomic E-state index is 11.7. The molecule has 1 aromatic heterocycles. The van der Waals surface area contributed by atoms with Crippen LogP contribution >= 0.6 is 0 Å². The number of morpholine rings is 1. The number of pyridine rings is 1. The Labute approximate surface area is 105 Å². The summed E-state index contributed by atoms with van der Waals surface area (Å²) in [6, 6.07) is 3.47. The van der Waals surface area contributed by atoms with Crippen molar-refractivity contribution in [2.24, 2.45) is 0 Å². The molecule has 0 spiro atoms. The summed E-state index contributed by atoms with van der Waals surface area (Å²) >= 11 is 0. The van der Waals surface area contributed by atoms with E-state index < -0.39 is 5.97 Å². The lowest BCUT2D eigenvalue weighted by Gasteiger charge is -2.28. The molecule has 18 heavy (non-hydrogen) atoms. The van der Waals surface area contributed by atoms with E-state index in [1.54, 1.807) is 0 Å². The summed E-state index contributed by atoms with van der Waals surface area (Å²) in [5, 5.41) is 8.84. The lowest BCUT2D eigenvalue weighted by atomic mass is 10.2. The number of nitriles is 1. The molecule has 6 heteroatoms. The lowest BCUT2D eigenvalue weighted by molar-refractivity contribution is 0.0600. The molecular formula is C12H13N3O3. The van der Waals surface area contributed by atoms with Gasteiger partial charge in [0.15, 0.2) is 0 Å². The maximum Gasteiger partial charge on any atom is 0.341 e. The average molecular weight is 247 g/mol. The molecule has 1 aliphatic heterocycles. The van der Waals surface area contributed by atoms with Crippen molar-refractivity contribution in [2.45, 2.75) is 0 Å². The van der Waals surface area contributed by atoms with Crippen molar-refractivity contribution in [3.05, 3.63) is 23.4 Å². The van der Waals surface area contributed by atoms with Crippen LogP contribution in [-0.4, -0.2) is 44.4 Å². The zero-order valence-corrected chi connectivity index (χ0v) is 10.0. The fourth-order valence-corrected chi connectivity index (χ4v) is 1.81. The monoisotopic (exact) mass is 247 g/mol. The zero-order chi connectivity index (χ0) is 13.0. The predicted molar refractivity (Wildman–Crippen MR) is 63.3 cm³/mol. The summed E-state index contributed by atoms with van der Waals surface area (Å²) in [6.45, 7) is 2.54. The van der Waals surface area contributed by atoms with E-state index in [-0.39, 0.29) is 0 Å². The fourth-order valence-electron chi connectivity index (χ4n) is 1.81. The van der Waals surface area contributed by atoms with Crippen LogP contribution in [0.4, 0.5) is 5.82 Å². The minimum Gasteiger partial charge on any atom is -0.465 e. The van der Waals surface area contributed by atoms with Gasteiger partial charge in [0.2, 0.25) is 0 Å². The largest absolute Gasteiger partial charge is 0.465 e. The van der Waals surface area contributed by atoms with Gasteiger partial charge in [0.05, 0.1) is 25.9 Å². The molecule has 1 saturated heterocycles. The number of nitrogens with zero attached hydrogens (tertiary/aromatic N) is 3. The molecule has 2 heterocycles. The topological polar surface area (TPSA) is 75.5 Å². The van der Waals surface area contributed by atoms with E-state index in [1.807, 2.05) is 11.0 Å². The first-order chi connectivity index (χ1) is 8.76. The Balaban J connectivity index is 2.39. The average Bonchev–Trinajstić information content (AvgIpc) is 2.46. The minimum atomic E-state index is -0.485. The molecule has 2 rings (SSSR count). The van der Waals surface area contributed by atoms with Crippen LogP contribution in [0.2, 0.25) is 0 Å². The lowest BCUT2D eigenvalue weighted by Crippen LogP contribution is -2.37. The Hall–Kier alpha value is -2.13. The maximum atomic E-state index is 11.7. The third kappa shape index (κ3) is 2.41. The van der Waals surface area contributed by atoms with E-state index in [4.69, 9.17) is 14.7 Å². The molecule has 6 nitrogen and oxygen atoms in total. The highest BCUT2D eigenvalue weighted by molar-refractivity contribution is 5.95. The second-order valence-electron chi connectivity index (χ2n) is 3.80. The third-order valence-electron chi connectivity index (χ3n) is 2.71. The molecule has 1 fully saturated rings. The second-order valence-corrected chi connectivity index (χ2v) is 3.80. The Morgan fingerprint density at radius 1 is 1.56 bits per heavy atom. The number of anilines is 1. The molecule has 0 amide bonds. The quantitative estimate of drug-likeness (QED) is 0.711. The highest BCUT2D eigenvalue weighted by atomic mass is 16.5. The number of hydrogen-bond acceptors (Lipinski definition) is 6. The Kier molecular flexibility index (Phi) is 3.75. The first-order valence-corrected chi connectivity index (χ1v) is 5.57. The van der Waals surface area contributed by atoms with Crippen LogP contribution in [0.25, 0.3) is 0 Å². The van der Waals surface area contributed by atoms with Gasteiger partial charge in [-0.1, -0.05) is 0 Å². The van der Waals surface area contributed by atoms with Gasteiger partial charge < -0.3 is 14.4 Å². The van der Waals surface area contributed by atoms with Gasteiger partial charge >= 0.3 is 5.97 Å². The van der Waals surface area contributed by atoms with E-state index in [0.29, 0.717) is 43.2 Å². The molecule has 0 atom stereocenters. The molecule has 94 valence electrons. The van der Waals surface area contributed by atoms with E-state index in [0.717, 1.165) is 0 Å². The summed E-state index contributed by atoms with van der Waals surface area (Å²) in [5.74, 6) is 0.0604. The molecular weight excluding hydrogens is 234 g/mol. The molecule has 0 aromatic carbocycles. The summed E-state index contributed by atoms with van der Waals surface area (Å²) < 4.78 is 9.98. The molecule has 1 aliphatic rings. The van der Waals surface area contributed by atoms with Gasteiger partial charge in [0.1, 0.15) is 17.5 Å². The molecule has 1 aromatic rings. The smallest absolute Gasteiger partial charge is 0.341 e. The van der Waals surface area contributed by atoms with E-state index in [2.05, 4.69) is 4.98 Å². The number of hydrogen-bond donors (Lipinski definition) is 0. The van der Waals surface area contributed by atoms with Crippen molar-refractivity contribution in [3.8, 4) is 6.07 Å². The number of aromatic nitrogens is 1. The van der Waals surface area contributed by atoms with Crippen molar-refractivity contribution in [3.63, 3.8) is 0 Å². The third-order valence-corrected chi connectivity index (χ3v) is 2.71. The SMILES string of the molecule is COC(=O)c1cc(C#N)cnc1N1CCOCC1. The van der Waals surface area contributed by atoms with Gasteiger partial charge in [-0.2, -0.15) is 5.26 Å². The number of carbonyl (C=O) groups excluding carboxylic acids is 1. The fraction of sp³-hybridized carbons (Fsp3) is 0.417. The van der Waals surface area contributed by atoms with Crippen LogP contribution in [0.5, 0.6) is 0 Å². The number of rotatable bonds is 2. The first-order valence-electron chi connectivity index (χ1n) is 5.57. The molecule has 0 aliphatic carbocycles. The van der Waals surface area contributed by atoms with Gasteiger partial charge in [0, 0.05) is 19.3 Å². The zero-order valence-electron chi connectivity index (χ0n) is 10.0. The summed E-state index contributed by atoms with van der Waals surface area (Å²) in [7, 11) is 1.31. The van der Waals surface area contributed by atoms with Crippen molar-refractivity contribution < 1.29 is 14.3 Å². The van der Waals surface area contributed by atoms with E-state index in [9.17, 15) is 4.79 Å². The van der Waals surface area contributed by atoms with Crippen LogP contribution in [0.15, 0.2) is 12.3 Å². The number of esters is 1. The van der Waals surface area contributed by atoms with Gasteiger partial charge in [-0.05, 0) is 6.07 Å². The number of methoxy groups -OCH3 is 1. The van der Waals surface area contributed by atoms with Gasteiger partial charge in [-0.15, -0.1) is 0 Å². The van der Waals surface area contributed by atoms with Crippen molar-refractivity contribution >= 4 is 11.8 Å². The normalized spacial score (nSPS) is 15.0. The van der Waals surface area contributed by atoms with Gasteiger partial charge in [-0.25, -0.2) is 9.78 Å². The molecule has 0 bridgehead atoms. The van der Waals surface area contributed by atoms with Crippen LogP contribution in [0.1, 0.15) is 15.9 Å². The number of carbonyl (C=O) groups is 1. The Bertz CT molecular complexity index is 490. The standard InChI is InChI=1S/C12H13N3O3/c1-17-12(16)10-6-9(7-13)8-14-11(10)15-2-4-18-5-3-15/h6,8H,2-5H2,1H3. The second kappa shape index (κ2) is 5.47. The van der Waals surface area contributed by atoms with Crippen LogP contribution in [0.3, 0.4) is 0 Å². The van der Waals surface area contributed by atoms with Crippen LogP contribution in [-0.2, 0) is 9.47 Å². The van der Waals surface area contributed by atoms with Gasteiger partial charge in [0.25, 0.3) is 0 Å². The van der Waals surface area contributed by atoms with Gasteiger partial charge in [-0.3, -0.25) is 0 Å². The van der Waals surface area contributed by atoms with Crippen LogP contribution < -0.4 is 4.90 Å². The molecule has 0 radical (unpaired) electrons. The summed E-state index contributed by atoms with van der Waals surface area (Å²) in [5.41, 5.74) is 0.658. The molecule has 0 saturated carbocycles. The van der Waals surface area contributed by atoms with Crippen molar-refractivity contribution in [1.82, 2.24) is 4.98 Å². The highest BCUT2D eigenvalue weighted by Crippen LogP contribution is 2.20. The van der Waals surface area contributed by atoms with Crippen molar-refractivity contribution in [2.75, 3.05) is 38.3 Å². The van der Waals surface area contributed by atoms with Crippen molar-refractivity contribution in [1.29, 1.82) is 5.26 Å². The Morgan fingerprint density at radius 3 is 2.89 bits per heavy atom. The summed E-state index contributed by atoms with van der Waals surface area (Å²) in [6.07, 6.45) is 1.46. The highest BCUT2D eigenvalue weighted by Gasteiger charge is 2.21. The molecule has 0 N–H and O–H groups in total. The summed E-state index contributed by atoms with van der Waals surface area (Å²) in [4.78, 5) is 17.9. The molecule has 0 unspecified atom stereocenters. The predicted octanol–water partition coefficient (Wildman–Crippen LogP) is 0.576.